The van der Waals surface area contributed by atoms with E-state index >= 15 is 0 Å². The number of ether oxygens (including phenoxy) is 1. The van der Waals surface area contributed by atoms with E-state index in [2.05, 4.69) is 21.8 Å². The Hall–Kier alpha value is -2.59. The smallest absolute Gasteiger partial charge is 0.337 e. The molecule has 7 heteroatoms. The topological polar surface area (TPSA) is 105 Å². The Morgan fingerprint density at radius 3 is 2.95 bits per heavy atom. The number of H-pyrrole nitrogens is 1. The molecule has 0 aliphatic carbocycles. The van der Waals surface area contributed by atoms with Gasteiger partial charge < -0.3 is 14.3 Å². The SMILES string of the molecule is CCc1cc(=O)oc2nc(OCC#CC(C)O)[nH]c(=O)c12. The molecule has 110 valence electrons. The molecule has 0 aliphatic rings. The number of nitrogens with zero attached hydrogens (tertiary/aromatic N) is 1. The molecular formula is C14H14N2O5. The van der Waals surface area contributed by atoms with Gasteiger partial charge in [-0.3, -0.25) is 9.78 Å². The van der Waals surface area contributed by atoms with Crippen molar-refractivity contribution in [2.75, 3.05) is 6.61 Å². The normalized spacial score (nSPS) is 11.8. The first-order valence-electron chi connectivity index (χ1n) is 6.37. The van der Waals surface area contributed by atoms with Crippen LogP contribution in [-0.2, 0) is 6.42 Å². The van der Waals surface area contributed by atoms with Crippen molar-refractivity contribution in [3.8, 4) is 17.9 Å². The zero-order chi connectivity index (χ0) is 15.4. The van der Waals surface area contributed by atoms with Gasteiger partial charge in [0, 0.05) is 6.07 Å². The summed E-state index contributed by atoms with van der Waals surface area (Å²) in [6.45, 7) is 3.28. The van der Waals surface area contributed by atoms with Crippen LogP contribution >= 0.6 is 0 Å². The molecule has 0 aromatic carbocycles. The van der Waals surface area contributed by atoms with Gasteiger partial charge in [-0.05, 0) is 18.9 Å². The van der Waals surface area contributed by atoms with Crippen molar-refractivity contribution < 1.29 is 14.3 Å². The van der Waals surface area contributed by atoms with Crippen molar-refractivity contribution in [1.29, 1.82) is 0 Å². The standard InChI is InChI=1S/C14H14N2O5/c1-3-9-7-10(18)21-13-11(9)12(19)15-14(16-13)20-6-4-5-8(2)17/h7-8,17H,3,6H2,1-2H3,(H,15,16,19). The van der Waals surface area contributed by atoms with Gasteiger partial charge in [-0.1, -0.05) is 18.8 Å². The number of hydrogen-bond donors (Lipinski definition) is 2. The molecule has 0 amide bonds. The van der Waals surface area contributed by atoms with Crippen molar-refractivity contribution in [3.05, 3.63) is 32.4 Å². The molecule has 0 fully saturated rings. The van der Waals surface area contributed by atoms with Crippen LogP contribution in [-0.4, -0.2) is 27.8 Å². The lowest BCUT2D eigenvalue weighted by Crippen LogP contribution is -2.15. The number of fused-ring (bicyclic) bond motifs is 1. The van der Waals surface area contributed by atoms with Gasteiger partial charge in [0.15, 0.2) is 6.61 Å². The van der Waals surface area contributed by atoms with Crippen LogP contribution < -0.4 is 15.9 Å². The Morgan fingerprint density at radius 1 is 1.52 bits per heavy atom. The van der Waals surface area contributed by atoms with Crippen molar-refractivity contribution >= 4 is 11.1 Å². The minimum atomic E-state index is -0.762. The molecule has 0 aliphatic heterocycles. The van der Waals surface area contributed by atoms with E-state index in [4.69, 9.17) is 14.3 Å². The lowest BCUT2D eigenvalue weighted by atomic mass is 10.1. The number of hydrogen-bond acceptors (Lipinski definition) is 6. The van der Waals surface area contributed by atoms with Gasteiger partial charge in [0.25, 0.3) is 5.56 Å². The number of aromatic amines is 1. The first-order valence-corrected chi connectivity index (χ1v) is 6.37. The van der Waals surface area contributed by atoms with Crippen LogP contribution in [0, 0.1) is 11.8 Å². The highest BCUT2D eigenvalue weighted by Gasteiger charge is 2.11. The predicted molar refractivity (Wildman–Crippen MR) is 75.2 cm³/mol. The molecule has 2 aromatic heterocycles. The van der Waals surface area contributed by atoms with E-state index in [9.17, 15) is 9.59 Å². The highest BCUT2D eigenvalue weighted by molar-refractivity contribution is 5.75. The van der Waals surface area contributed by atoms with E-state index in [1.54, 1.807) is 0 Å². The zero-order valence-electron chi connectivity index (χ0n) is 11.6. The summed E-state index contributed by atoms with van der Waals surface area (Å²) in [6.07, 6.45) is -0.255. The fourth-order valence-electron chi connectivity index (χ4n) is 1.77. The van der Waals surface area contributed by atoms with Crippen LogP contribution in [0.25, 0.3) is 11.1 Å². The average molecular weight is 290 g/mol. The molecule has 1 unspecified atom stereocenters. The van der Waals surface area contributed by atoms with Crippen molar-refractivity contribution in [1.82, 2.24) is 9.97 Å². The van der Waals surface area contributed by atoms with E-state index in [-0.39, 0.29) is 23.7 Å². The Labute approximate surface area is 119 Å². The first-order chi connectivity index (χ1) is 10.0. The highest BCUT2D eigenvalue weighted by atomic mass is 16.5. The Kier molecular flexibility index (Phi) is 4.40. The maximum atomic E-state index is 12.0. The number of aromatic nitrogens is 2. The molecule has 0 saturated heterocycles. The molecular weight excluding hydrogens is 276 g/mol. The summed E-state index contributed by atoms with van der Waals surface area (Å²) < 4.78 is 10.1. The monoisotopic (exact) mass is 290 g/mol. The summed E-state index contributed by atoms with van der Waals surface area (Å²) in [5.41, 5.74) is -0.520. The molecule has 0 spiro atoms. The highest BCUT2D eigenvalue weighted by Crippen LogP contribution is 2.13. The number of aliphatic hydroxyl groups is 1. The average Bonchev–Trinajstić information content (AvgIpc) is 2.42. The second-order valence-corrected chi connectivity index (χ2v) is 4.28. The summed E-state index contributed by atoms with van der Waals surface area (Å²) in [6, 6.07) is 1.18. The third-order valence-corrected chi connectivity index (χ3v) is 2.65. The molecule has 2 rings (SSSR count). The van der Waals surface area contributed by atoms with Gasteiger partial charge >= 0.3 is 11.6 Å². The number of rotatable bonds is 3. The van der Waals surface area contributed by atoms with Gasteiger partial charge in [0.2, 0.25) is 5.71 Å². The third kappa shape index (κ3) is 3.49. The van der Waals surface area contributed by atoms with E-state index in [0.717, 1.165) is 0 Å². The molecule has 0 saturated carbocycles. The van der Waals surface area contributed by atoms with E-state index in [1.165, 1.54) is 13.0 Å². The third-order valence-electron chi connectivity index (χ3n) is 2.65. The Balaban J connectivity index is 2.39. The molecule has 2 heterocycles. The Bertz CT molecular complexity index is 823. The van der Waals surface area contributed by atoms with Crippen LogP contribution in [0.5, 0.6) is 6.01 Å². The second-order valence-electron chi connectivity index (χ2n) is 4.28. The van der Waals surface area contributed by atoms with E-state index in [0.29, 0.717) is 12.0 Å². The molecule has 2 aromatic rings. The van der Waals surface area contributed by atoms with Crippen LogP contribution in [0.15, 0.2) is 20.1 Å². The van der Waals surface area contributed by atoms with Crippen molar-refractivity contribution in [2.24, 2.45) is 0 Å². The van der Waals surface area contributed by atoms with E-state index in [1.807, 2.05) is 6.92 Å². The number of aliphatic hydroxyl groups excluding tert-OH is 1. The lowest BCUT2D eigenvalue weighted by Gasteiger charge is -2.04. The molecule has 2 N–H and O–H groups in total. The van der Waals surface area contributed by atoms with Gasteiger partial charge in [-0.2, -0.15) is 4.98 Å². The van der Waals surface area contributed by atoms with Crippen LogP contribution in [0.3, 0.4) is 0 Å². The minimum absolute atomic E-state index is 0.0585. The van der Waals surface area contributed by atoms with Crippen molar-refractivity contribution in [3.63, 3.8) is 0 Å². The summed E-state index contributed by atoms with van der Waals surface area (Å²) >= 11 is 0. The van der Waals surface area contributed by atoms with Crippen LogP contribution in [0.2, 0.25) is 0 Å². The molecule has 1 atom stereocenters. The number of nitrogens with one attached hydrogen (secondary N) is 1. The summed E-state index contributed by atoms with van der Waals surface area (Å²) in [5.74, 6) is 5.04. The van der Waals surface area contributed by atoms with E-state index < -0.39 is 17.3 Å². The lowest BCUT2D eigenvalue weighted by molar-refractivity contribution is 0.252. The van der Waals surface area contributed by atoms with Gasteiger partial charge in [-0.25, -0.2) is 4.79 Å². The van der Waals surface area contributed by atoms with Crippen LogP contribution in [0.4, 0.5) is 0 Å². The maximum absolute atomic E-state index is 12.0. The zero-order valence-corrected chi connectivity index (χ0v) is 11.6. The predicted octanol–water partition coefficient (Wildman–Crippen LogP) is 0.202. The Morgan fingerprint density at radius 2 is 2.29 bits per heavy atom. The molecule has 7 nitrogen and oxygen atoms in total. The fourth-order valence-corrected chi connectivity index (χ4v) is 1.77. The maximum Gasteiger partial charge on any atom is 0.337 e. The quantitative estimate of drug-likeness (QED) is 0.782. The van der Waals surface area contributed by atoms with Crippen LogP contribution in [0.1, 0.15) is 19.4 Å². The molecule has 0 bridgehead atoms. The van der Waals surface area contributed by atoms with Gasteiger partial charge in [-0.15, -0.1) is 0 Å². The van der Waals surface area contributed by atoms with Gasteiger partial charge in [0.05, 0.1) is 0 Å². The largest absolute Gasteiger partial charge is 0.451 e. The first kappa shape index (κ1) is 14.8. The molecule has 21 heavy (non-hydrogen) atoms. The summed E-state index contributed by atoms with van der Waals surface area (Å²) in [7, 11) is 0. The fraction of sp³-hybridized carbons (Fsp3) is 0.357. The summed E-state index contributed by atoms with van der Waals surface area (Å²) in [4.78, 5) is 29.8. The number of aryl methyl sites for hydroxylation is 1. The van der Waals surface area contributed by atoms with Crippen molar-refractivity contribution in [2.45, 2.75) is 26.4 Å². The second kappa shape index (κ2) is 6.24. The van der Waals surface area contributed by atoms with Gasteiger partial charge in [0.1, 0.15) is 11.5 Å². The minimum Gasteiger partial charge on any atom is -0.451 e. The molecule has 0 radical (unpaired) electrons. The summed E-state index contributed by atoms with van der Waals surface area (Å²) in [5, 5.41) is 9.21.